The Morgan fingerprint density at radius 1 is 1.26 bits per heavy atom. The number of carboxylic acid groups (broad SMARTS) is 1. The zero-order valence-corrected chi connectivity index (χ0v) is 12.4. The summed E-state index contributed by atoms with van der Waals surface area (Å²) in [5.74, 6) is -0.842. The third kappa shape index (κ3) is 3.74. The molecule has 0 saturated heterocycles. The van der Waals surface area contributed by atoms with Crippen LogP contribution in [0.15, 0.2) is 15.6 Å². The van der Waals surface area contributed by atoms with E-state index in [1.807, 2.05) is 26.8 Å². The monoisotopic (exact) mass is 295 g/mol. The highest BCUT2D eigenvalue weighted by Gasteiger charge is 2.13. The third-order valence-electron chi connectivity index (χ3n) is 2.33. The first kappa shape index (κ1) is 14.0. The van der Waals surface area contributed by atoms with E-state index in [1.165, 1.54) is 23.1 Å². The standard InChI is InChI=1S/C12H13N3O2S2/c1-6-4-7(2)14-11(13-6)19-12-15-8(3)9(18-12)5-10(16)17/h4H,5H2,1-3H3,(H,16,17). The van der Waals surface area contributed by atoms with Crippen molar-refractivity contribution in [2.45, 2.75) is 36.7 Å². The summed E-state index contributed by atoms with van der Waals surface area (Å²) in [7, 11) is 0. The van der Waals surface area contributed by atoms with Crippen molar-refractivity contribution >= 4 is 29.1 Å². The predicted molar refractivity (Wildman–Crippen MR) is 73.8 cm³/mol. The van der Waals surface area contributed by atoms with Crippen LogP contribution in [0.1, 0.15) is 22.0 Å². The highest BCUT2D eigenvalue weighted by molar-refractivity contribution is 8.00. The van der Waals surface area contributed by atoms with E-state index in [-0.39, 0.29) is 6.42 Å². The molecule has 0 aliphatic rings. The Morgan fingerprint density at radius 3 is 2.47 bits per heavy atom. The van der Waals surface area contributed by atoms with Gasteiger partial charge >= 0.3 is 5.97 Å². The molecule has 0 aliphatic carbocycles. The number of hydrogen-bond acceptors (Lipinski definition) is 6. The van der Waals surface area contributed by atoms with E-state index in [4.69, 9.17) is 5.11 Å². The fraction of sp³-hybridized carbons (Fsp3) is 0.333. The fourth-order valence-corrected chi connectivity index (χ4v) is 3.76. The summed E-state index contributed by atoms with van der Waals surface area (Å²) in [6.45, 7) is 5.66. The highest BCUT2D eigenvalue weighted by Crippen LogP contribution is 2.31. The van der Waals surface area contributed by atoms with Crippen molar-refractivity contribution in [2.24, 2.45) is 0 Å². The van der Waals surface area contributed by atoms with E-state index in [2.05, 4.69) is 15.0 Å². The number of aryl methyl sites for hydroxylation is 3. The van der Waals surface area contributed by atoms with Crippen molar-refractivity contribution in [3.63, 3.8) is 0 Å². The lowest BCUT2D eigenvalue weighted by molar-refractivity contribution is -0.136. The molecule has 2 rings (SSSR count). The number of thiazole rings is 1. The van der Waals surface area contributed by atoms with Gasteiger partial charge in [0.15, 0.2) is 9.50 Å². The maximum Gasteiger partial charge on any atom is 0.308 e. The largest absolute Gasteiger partial charge is 0.481 e. The molecular weight excluding hydrogens is 282 g/mol. The molecule has 0 saturated carbocycles. The van der Waals surface area contributed by atoms with Crippen LogP contribution < -0.4 is 0 Å². The average Bonchev–Trinajstić information content (AvgIpc) is 2.56. The summed E-state index contributed by atoms with van der Waals surface area (Å²) in [6.07, 6.45) is 0.0117. The fourth-order valence-electron chi connectivity index (χ4n) is 1.56. The zero-order chi connectivity index (χ0) is 14.0. The van der Waals surface area contributed by atoms with Gasteiger partial charge in [0, 0.05) is 16.3 Å². The molecule has 2 aromatic heterocycles. The molecule has 19 heavy (non-hydrogen) atoms. The second-order valence-electron chi connectivity index (χ2n) is 4.09. The van der Waals surface area contributed by atoms with Gasteiger partial charge < -0.3 is 5.11 Å². The molecule has 0 aliphatic heterocycles. The summed E-state index contributed by atoms with van der Waals surface area (Å²) in [4.78, 5) is 24.5. The van der Waals surface area contributed by atoms with Crippen molar-refractivity contribution in [1.29, 1.82) is 0 Å². The number of nitrogens with zero attached hydrogens (tertiary/aromatic N) is 3. The molecular formula is C12H13N3O2S2. The normalized spacial score (nSPS) is 10.7. The van der Waals surface area contributed by atoms with Crippen LogP contribution in [0.2, 0.25) is 0 Å². The van der Waals surface area contributed by atoms with E-state index in [1.54, 1.807) is 0 Å². The number of aromatic nitrogens is 3. The minimum atomic E-state index is -0.842. The Hall–Kier alpha value is -1.47. The molecule has 7 heteroatoms. The zero-order valence-electron chi connectivity index (χ0n) is 10.8. The molecule has 100 valence electrons. The molecule has 0 unspecified atom stereocenters. The van der Waals surface area contributed by atoms with E-state index < -0.39 is 5.97 Å². The van der Waals surface area contributed by atoms with Crippen molar-refractivity contribution in [1.82, 2.24) is 15.0 Å². The summed E-state index contributed by atoms with van der Waals surface area (Å²) in [5, 5.41) is 9.46. The van der Waals surface area contributed by atoms with Crippen molar-refractivity contribution in [3.8, 4) is 0 Å². The predicted octanol–water partition coefficient (Wildman–Crippen LogP) is 2.64. The Balaban J connectivity index is 2.21. The first-order valence-corrected chi connectivity index (χ1v) is 7.25. The summed E-state index contributed by atoms with van der Waals surface area (Å²) >= 11 is 2.76. The Morgan fingerprint density at radius 2 is 1.89 bits per heavy atom. The molecule has 5 nitrogen and oxygen atoms in total. The number of rotatable bonds is 4. The van der Waals surface area contributed by atoms with Crippen LogP contribution in [0.25, 0.3) is 0 Å². The van der Waals surface area contributed by atoms with Gasteiger partial charge in [0.05, 0.1) is 12.1 Å². The molecule has 0 aromatic carbocycles. The van der Waals surface area contributed by atoms with Crippen LogP contribution in [-0.2, 0) is 11.2 Å². The van der Waals surface area contributed by atoms with Crippen LogP contribution in [0, 0.1) is 20.8 Å². The van der Waals surface area contributed by atoms with E-state index in [0.29, 0.717) is 5.16 Å². The number of carboxylic acids is 1. The SMILES string of the molecule is Cc1cc(C)nc(Sc2nc(C)c(CC(=O)O)s2)n1. The van der Waals surface area contributed by atoms with Crippen molar-refractivity contribution in [2.75, 3.05) is 0 Å². The van der Waals surface area contributed by atoms with E-state index >= 15 is 0 Å². The topological polar surface area (TPSA) is 76.0 Å². The summed E-state index contributed by atoms with van der Waals surface area (Å²) in [6, 6.07) is 1.91. The highest BCUT2D eigenvalue weighted by atomic mass is 32.2. The molecule has 0 atom stereocenters. The quantitative estimate of drug-likeness (QED) is 0.874. The third-order valence-corrected chi connectivity index (χ3v) is 4.41. The molecule has 1 N–H and O–H groups in total. The van der Waals surface area contributed by atoms with Crippen LogP contribution in [-0.4, -0.2) is 26.0 Å². The molecule has 0 bridgehead atoms. The Bertz CT molecular complexity index is 605. The number of carbonyl (C=O) groups is 1. The van der Waals surface area contributed by atoms with Gasteiger partial charge in [-0.1, -0.05) is 0 Å². The van der Waals surface area contributed by atoms with Gasteiger partial charge in [0.1, 0.15) is 0 Å². The summed E-state index contributed by atoms with van der Waals surface area (Å²) in [5.41, 5.74) is 2.59. The summed E-state index contributed by atoms with van der Waals surface area (Å²) < 4.78 is 0.777. The average molecular weight is 295 g/mol. The minimum absolute atomic E-state index is 0.0117. The van der Waals surface area contributed by atoms with Crippen molar-refractivity contribution < 1.29 is 9.90 Å². The van der Waals surface area contributed by atoms with Gasteiger partial charge in [0.25, 0.3) is 0 Å². The molecule has 2 heterocycles. The van der Waals surface area contributed by atoms with Gasteiger partial charge in [-0.25, -0.2) is 15.0 Å². The van der Waals surface area contributed by atoms with Gasteiger partial charge in [-0.3, -0.25) is 4.79 Å². The van der Waals surface area contributed by atoms with E-state index in [0.717, 1.165) is 26.3 Å². The molecule has 0 amide bonds. The Kier molecular flexibility index (Phi) is 4.16. The maximum absolute atomic E-state index is 10.7. The lowest BCUT2D eigenvalue weighted by Gasteiger charge is -1.99. The van der Waals surface area contributed by atoms with Crippen LogP contribution in [0.3, 0.4) is 0 Å². The Labute approximate surface area is 119 Å². The van der Waals surface area contributed by atoms with Crippen molar-refractivity contribution in [3.05, 3.63) is 28.0 Å². The van der Waals surface area contributed by atoms with Gasteiger partial charge in [-0.05, 0) is 38.6 Å². The minimum Gasteiger partial charge on any atom is -0.481 e. The van der Waals surface area contributed by atoms with Gasteiger partial charge in [-0.2, -0.15) is 0 Å². The number of aliphatic carboxylic acids is 1. The first-order chi connectivity index (χ1) is 8.94. The second kappa shape index (κ2) is 5.66. The molecule has 0 spiro atoms. The van der Waals surface area contributed by atoms with Crippen LogP contribution in [0.4, 0.5) is 0 Å². The van der Waals surface area contributed by atoms with Crippen LogP contribution in [0.5, 0.6) is 0 Å². The van der Waals surface area contributed by atoms with E-state index in [9.17, 15) is 4.79 Å². The van der Waals surface area contributed by atoms with Crippen LogP contribution >= 0.6 is 23.1 Å². The lowest BCUT2D eigenvalue weighted by atomic mass is 10.3. The maximum atomic E-state index is 10.7. The lowest BCUT2D eigenvalue weighted by Crippen LogP contribution is -1.99. The molecule has 0 radical (unpaired) electrons. The van der Waals surface area contributed by atoms with Gasteiger partial charge in [-0.15, -0.1) is 11.3 Å². The molecule has 0 fully saturated rings. The molecule has 2 aromatic rings. The number of hydrogen-bond donors (Lipinski definition) is 1. The smallest absolute Gasteiger partial charge is 0.308 e. The van der Waals surface area contributed by atoms with Gasteiger partial charge in [0.2, 0.25) is 0 Å². The second-order valence-corrected chi connectivity index (χ2v) is 6.39. The first-order valence-electron chi connectivity index (χ1n) is 5.62.